The molecule has 0 aliphatic heterocycles. The molecule has 0 aromatic heterocycles. The Labute approximate surface area is 127 Å². The van der Waals surface area contributed by atoms with E-state index in [1.54, 1.807) is 38.3 Å². The lowest BCUT2D eigenvalue weighted by Crippen LogP contribution is -2.34. The van der Waals surface area contributed by atoms with Crippen LogP contribution < -0.4 is 10.1 Å². The maximum Gasteiger partial charge on any atom is 0.413 e. The molecule has 0 fully saturated rings. The van der Waals surface area contributed by atoms with Gasteiger partial charge < -0.3 is 14.2 Å². The number of imide groups is 1. The van der Waals surface area contributed by atoms with Crippen molar-refractivity contribution in [3.63, 3.8) is 0 Å². The van der Waals surface area contributed by atoms with Gasteiger partial charge in [-0.05, 0) is 30.7 Å². The molecule has 1 aromatic carbocycles. The van der Waals surface area contributed by atoms with E-state index >= 15 is 0 Å². The summed E-state index contributed by atoms with van der Waals surface area (Å²) in [6.45, 7) is 1.18. The molecule has 0 aliphatic carbocycles. The lowest BCUT2D eigenvalue weighted by Gasteiger charge is -2.04. The minimum atomic E-state index is -0.879. The van der Waals surface area contributed by atoms with Crippen LogP contribution >= 0.6 is 0 Å². The van der Waals surface area contributed by atoms with Crippen LogP contribution in [0.3, 0.4) is 0 Å². The zero-order valence-electron chi connectivity index (χ0n) is 12.3. The predicted octanol–water partition coefficient (Wildman–Crippen LogP) is 1.52. The average Bonchev–Trinajstić information content (AvgIpc) is 2.51. The second-order valence-corrected chi connectivity index (χ2v) is 3.99. The molecule has 0 heterocycles. The van der Waals surface area contributed by atoms with E-state index < -0.39 is 24.6 Å². The number of hydrogen-bond donors (Lipinski definition) is 1. The van der Waals surface area contributed by atoms with Crippen LogP contribution in [0.15, 0.2) is 30.3 Å². The van der Waals surface area contributed by atoms with Crippen LogP contribution in [0, 0.1) is 0 Å². The van der Waals surface area contributed by atoms with Gasteiger partial charge in [-0.25, -0.2) is 9.59 Å². The molecule has 0 atom stereocenters. The van der Waals surface area contributed by atoms with E-state index in [-0.39, 0.29) is 6.61 Å². The van der Waals surface area contributed by atoms with Crippen LogP contribution in [0.5, 0.6) is 5.75 Å². The molecule has 0 radical (unpaired) electrons. The highest BCUT2D eigenvalue weighted by Crippen LogP contribution is 2.13. The first kappa shape index (κ1) is 17.2. The molecule has 118 valence electrons. The van der Waals surface area contributed by atoms with Crippen molar-refractivity contribution in [2.45, 2.75) is 6.92 Å². The summed E-state index contributed by atoms with van der Waals surface area (Å²) in [7, 11) is 1.54. The molecule has 22 heavy (non-hydrogen) atoms. The second-order valence-electron chi connectivity index (χ2n) is 3.99. The van der Waals surface area contributed by atoms with E-state index in [4.69, 9.17) is 4.74 Å². The van der Waals surface area contributed by atoms with Gasteiger partial charge in [-0.3, -0.25) is 10.1 Å². The van der Waals surface area contributed by atoms with Crippen molar-refractivity contribution in [1.82, 2.24) is 5.32 Å². The SMILES string of the molecule is CCOC(=O)NC(=O)COC(=O)C=Cc1cccc(OC)c1. The number of methoxy groups -OCH3 is 1. The van der Waals surface area contributed by atoms with Crippen molar-refractivity contribution in [2.24, 2.45) is 0 Å². The fourth-order valence-electron chi connectivity index (χ4n) is 1.41. The van der Waals surface area contributed by atoms with Crippen LogP contribution in [0.25, 0.3) is 6.08 Å². The number of nitrogens with one attached hydrogen (secondary N) is 1. The summed E-state index contributed by atoms with van der Waals surface area (Å²) >= 11 is 0. The Balaban J connectivity index is 2.40. The van der Waals surface area contributed by atoms with Gasteiger partial charge in [0.1, 0.15) is 5.75 Å². The van der Waals surface area contributed by atoms with Crippen LogP contribution in [0.4, 0.5) is 4.79 Å². The van der Waals surface area contributed by atoms with E-state index in [0.717, 1.165) is 5.56 Å². The van der Waals surface area contributed by atoms with Crippen LogP contribution in [0.1, 0.15) is 12.5 Å². The molecular formula is C15H17NO6. The number of carbonyl (C=O) groups excluding carboxylic acids is 3. The third kappa shape index (κ3) is 6.56. The van der Waals surface area contributed by atoms with Gasteiger partial charge in [0.05, 0.1) is 13.7 Å². The fraction of sp³-hybridized carbons (Fsp3) is 0.267. The monoisotopic (exact) mass is 307 g/mol. The summed E-state index contributed by atoms with van der Waals surface area (Å²) in [6, 6.07) is 7.06. The summed E-state index contributed by atoms with van der Waals surface area (Å²) in [5.74, 6) is -0.812. The summed E-state index contributed by atoms with van der Waals surface area (Å²) < 4.78 is 14.2. The Bertz CT molecular complexity index is 567. The van der Waals surface area contributed by atoms with Gasteiger partial charge in [-0.2, -0.15) is 0 Å². The van der Waals surface area contributed by atoms with Crippen LogP contribution in [-0.2, 0) is 19.1 Å². The Morgan fingerprint density at radius 1 is 1.23 bits per heavy atom. The lowest BCUT2D eigenvalue weighted by atomic mass is 10.2. The molecule has 1 aromatic rings. The standard InChI is InChI=1S/C15H17NO6/c1-3-21-15(19)16-13(17)10-22-14(18)8-7-11-5-4-6-12(9-11)20-2/h4-9H,3,10H2,1-2H3,(H,16,17,19). The van der Waals surface area contributed by atoms with Gasteiger partial charge in [0.25, 0.3) is 5.91 Å². The number of carbonyl (C=O) groups is 3. The molecule has 1 N–H and O–H groups in total. The van der Waals surface area contributed by atoms with Crippen LogP contribution in [-0.4, -0.2) is 38.3 Å². The Morgan fingerprint density at radius 3 is 2.68 bits per heavy atom. The highest BCUT2D eigenvalue weighted by Gasteiger charge is 2.09. The van der Waals surface area contributed by atoms with Crippen molar-refractivity contribution in [3.8, 4) is 5.75 Å². The molecule has 0 saturated carbocycles. The largest absolute Gasteiger partial charge is 0.497 e. The first-order chi connectivity index (χ1) is 10.5. The molecule has 0 aliphatic rings. The number of ether oxygens (including phenoxy) is 3. The topological polar surface area (TPSA) is 90.9 Å². The third-order valence-corrected chi connectivity index (χ3v) is 2.37. The second kappa shape index (κ2) is 9.17. The molecule has 7 nitrogen and oxygen atoms in total. The quantitative estimate of drug-likeness (QED) is 0.633. The van der Waals surface area contributed by atoms with Gasteiger partial charge in [0.2, 0.25) is 0 Å². The van der Waals surface area contributed by atoms with Gasteiger partial charge in [-0.1, -0.05) is 12.1 Å². The average molecular weight is 307 g/mol. The number of hydrogen-bond acceptors (Lipinski definition) is 6. The van der Waals surface area contributed by atoms with Gasteiger partial charge >= 0.3 is 12.1 Å². The van der Waals surface area contributed by atoms with E-state index in [1.807, 2.05) is 5.32 Å². The minimum Gasteiger partial charge on any atom is -0.497 e. The van der Waals surface area contributed by atoms with Crippen molar-refractivity contribution >= 4 is 24.0 Å². The van der Waals surface area contributed by atoms with E-state index in [2.05, 4.69) is 9.47 Å². The lowest BCUT2D eigenvalue weighted by molar-refractivity contribution is -0.143. The molecule has 0 saturated heterocycles. The summed E-state index contributed by atoms with van der Waals surface area (Å²) in [6.07, 6.45) is 1.82. The minimum absolute atomic E-state index is 0.141. The van der Waals surface area contributed by atoms with Crippen molar-refractivity contribution in [1.29, 1.82) is 0 Å². The molecule has 0 spiro atoms. The van der Waals surface area contributed by atoms with E-state index in [9.17, 15) is 14.4 Å². The van der Waals surface area contributed by atoms with Crippen LogP contribution in [0.2, 0.25) is 0 Å². The molecule has 1 rings (SSSR count). The first-order valence-corrected chi connectivity index (χ1v) is 6.50. The zero-order valence-corrected chi connectivity index (χ0v) is 12.3. The number of benzene rings is 1. The Kier molecular flexibility index (Phi) is 7.18. The van der Waals surface area contributed by atoms with Gasteiger partial charge in [-0.15, -0.1) is 0 Å². The number of esters is 1. The third-order valence-electron chi connectivity index (χ3n) is 2.37. The van der Waals surface area contributed by atoms with Crippen molar-refractivity contribution in [3.05, 3.63) is 35.9 Å². The number of rotatable bonds is 6. The number of amides is 2. The molecular weight excluding hydrogens is 290 g/mol. The summed E-state index contributed by atoms with van der Waals surface area (Å²) in [4.78, 5) is 33.7. The molecule has 0 unspecified atom stereocenters. The molecule has 2 amide bonds. The maximum atomic E-state index is 11.5. The van der Waals surface area contributed by atoms with Gasteiger partial charge in [0.15, 0.2) is 6.61 Å². The van der Waals surface area contributed by atoms with E-state index in [1.165, 1.54) is 12.2 Å². The van der Waals surface area contributed by atoms with Gasteiger partial charge in [0, 0.05) is 6.08 Å². The van der Waals surface area contributed by atoms with Crippen molar-refractivity contribution < 1.29 is 28.6 Å². The molecule has 0 bridgehead atoms. The summed E-state index contributed by atoms with van der Waals surface area (Å²) in [5, 5.41) is 1.91. The highest BCUT2D eigenvalue weighted by atomic mass is 16.6. The Morgan fingerprint density at radius 2 is 2.00 bits per heavy atom. The normalized spacial score (nSPS) is 10.1. The highest BCUT2D eigenvalue weighted by molar-refractivity contribution is 5.94. The van der Waals surface area contributed by atoms with Crippen molar-refractivity contribution in [2.75, 3.05) is 20.3 Å². The van der Waals surface area contributed by atoms with E-state index in [0.29, 0.717) is 5.75 Å². The number of alkyl carbamates (subject to hydrolysis) is 1. The Hall–Kier alpha value is -2.83. The molecule has 7 heteroatoms. The first-order valence-electron chi connectivity index (χ1n) is 6.50. The smallest absolute Gasteiger partial charge is 0.413 e. The predicted molar refractivity (Wildman–Crippen MR) is 78.2 cm³/mol. The fourth-order valence-corrected chi connectivity index (χ4v) is 1.41. The summed E-state index contributed by atoms with van der Waals surface area (Å²) in [5.41, 5.74) is 0.743. The maximum absolute atomic E-state index is 11.5. The zero-order chi connectivity index (χ0) is 16.4.